The van der Waals surface area contributed by atoms with Gasteiger partial charge in [-0.15, -0.1) is 0 Å². The van der Waals surface area contributed by atoms with Gasteiger partial charge in [0.2, 0.25) is 0 Å². The number of rotatable bonds is 17. The van der Waals surface area contributed by atoms with E-state index < -0.39 is 0 Å². The van der Waals surface area contributed by atoms with E-state index in [1.54, 1.807) is 4.90 Å². The van der Waals surface area contributed by atoms with Gasteiger partial charge in [0.25, 0.3) is 5.91 Å². The number of hydrogen-bond donors (Lipinski definition) is 2. The molecule has 3 N–H and O–H groups in total. The lowest BCUT2D eigenvalue weighted by Gasteiger charge is -2.16. The Morgan fingerprint density at radius 2 is 1.42 bits per heavy atom. The summed E-state index contributed by atoms with van der Waals surface area (Å²) in [5, 5.41) is 10.7. The molecule has 0 spiro atoms. The van der Waals surface area contributed by atoms with Crippen LogP contribution in [0.3, 0.4) is 0 Å². The fourth-order valence-corrected chi connectivity index (χ4v) is 4.36. The molecule has 5 nitrogen and oxygen atoms in total. The molecule has 1 aliphatic rings. The molecule has 0 saturated carbocycles. The van der Waals surface area contributed by atoms with Crippen molar-refractivity contribution in [3.63, 3.8) is 0 Å². The quantitative estimate of drug-likeness (QED) is 0.145. The lowest BCUT2D eigenvalue weighted by molar-refractivity contribution is -0.125. The van der Waals surface area contributed by atoms with Crippen molar-refractivity contribution in [2.24, 2.45) is 4.99 Å². The maximum Gasteiger partial charge on any atom is 0.259 e. The number of nitrogens with two attached hydrogens (primary N) is 1. The number of amides is 1. The second kappa shape index (κ2) is 15.5. The van der Waals surface area contributed by atoms with Gasteiger partial charge in [-0.05, 0) is 43.5 Å². The molecule has 0 radical (unpaired) electrons. The molecule has 184 valence electrons. The van der Waals surface area contributed by atoms with E-state index in [1.807, 2.05) is 24.3 Å². The summed E-state index contributed by atoms with van der Waals surface area (Å²) in [6.45, 7) is 5.43. The molecular formula is C28H45N3O2. The fourth-order valence-electron chi connectivity index (χ4n) is 4.36. The van der Waals surface area contributed by atoms with Crippen LogP contribution in [0.5, 0.6) is 0 Å². The zero-order valence-electron chi connectivity index (χ0n) is 21.0. The maximum atomic E-state index is 13.1. The first-order chi connectivity index (χ1) is 16.1. The molecule has 1 amide bonds. The van der Waals surface area contributed by atoms with E-state index >= 15 is 0 Å². The highest BCUT2D eigenvalue weighted by Gasteiger charge is 2.33. The predicted octanol–water partition coefficient (Wildman–Crippen LogP) is 7.50. The zero-order valence-corrected chi connectivity index (χ0v) is 21.0. The van der Waals surface area contributed by atoms with E-state index in [-0.39, 0.29) is 11.7 Å². The number of nitrogens with zero attached hydrogens (tertiary/aromatic N) is 2. The number of aliphatic imine (C=N–C) groups is 1. The third kappa shape index (κ3) is 9.61. The molecule has 1 aromatic rings. The van der Waals surface area contributed by atoms with Crippen LogP contribution in [0.1, 0.15) is 104 Å². The van der Waals surface area contributed by atoms with Crippen molar-refractivity contribution in [2.45, 2.75) is 104 Å². The van der Waals surface area contributed by atoms with Crippen LogP contribution in [0, 0.1) is 0 Å². The molecule has 0 saturated heterocycles. The summed E-state index contributed by atoms with van der Waals surface area (Å²) in [5.74, 6) is 0.0923. The van der Waals surface area contributed by atoms with Gasteiger partial charge in [-0.2, -0.15) is 0 Å². The summed E-state index contributed by atoms with van der Waals surface area (Å²) in [6, 6.07) is 7.37. The summed E-state index contributed by atoms with van der Waals surface area (Å²) in [6.07, 6.45) is 16.3. The molecule has 0 atom stereocenters. The molecular weight excluding hydrogens is 410 g/mol. The minimum Gasteiger partial charge on any atom is -0.510 e. The normalized spacial score (nSPS) is 14.5. The molecule has 2 rings (SSSR count). The van der Waals surface area contributed by atoms with Crippen LogP contribution >= 0.6 is 0 Å². The second-order valence-electron chi connectivity index (χ2n) is 9.34. The highest BCUT2D eigenvalue weighted by molar-refractivity contribution is 6.23. The van der Waals surface area contributed by atoms with E-state index in [0.29, 0.717) is 36.5 Å². The lowest BCUT2D eigenvalue weighted by atomic mass is 10.0. The van der Waals surface area contributed by atoms with Gasteiger partial charge < -0.3 is 15.7 Å². The highest BCUT2D eigenvalue weighted by atomic mass is 16.3. The highest BCUT2D eigenvalue weighted by Crippen LogP contribution is 2.25. The number of aliphatic hydroxyl groups excluding tert-OH is 1. The third-order valence-corrected chi connectivity index (χ3v) is 6.37. The lowest BCUT2D eigenvalue weighted by Crippen LogP contribution is -2.29. The Kier molecular flexibility index (Phi) is 12.7. The van der Waals surface area contributed by atoms with Gasteiger partial charge in [0, 0.05) is 12.2 Å². The molecule has 5 heteroatoms. The Morgan fingerprint density at radius 3 is 2.03 bits per heavy atom. The first-order valence-electron chi connectivity index (χ1n) is 13.2. The van der Waals surface area contributed by atoms with Crippen molar-refractivity contribution in [2.75, 3.05) is 18.8 Å². The van der Waals surface area contributed by atoms with Crippen molar-refractivity contribution >= 4 is 23.0 Å². The summed E-state index contributed by atoms with van der Waals surface area (Å²) < 4.78 is 0. The topological polar surface area (TPSA) is 78.9 Å². The molecule has 0 fully saturated rings. The SMILES string of the molecule is CCCCCCCCCCCC(=Nc1ccc(N)cc1)C1=C(O)CN(CCCCCC)C1=O. The monoisotopic (exact) mass is 455 g/mol. The molecule has 1 aliphatic heterocycles. The maximum absolute atomic E-state index is 13.1. The standard InChI is InChI=1S/C28H45N3O2/c1-3-5-7-9-10-11-12-13-14-16-25(30-24-19-17-23(29)18-20-24)27-26(32)22-31(28(27)33)21-15-8-6-4-2/h17-20,32H,3-16,21-22,29H2,1-2H3. The van der Waals surface area contributed by atoms with E-state index in [2.05, 4.69) is 13.8 Å². The molecule has 33 heavy (non-hydrogen) atoms. The number of anilines is 1. The van der Waals surface area contributed by atoms with Crippen LogP contribution in [-0.4, -0.2) is 34.7 Å². The Balaban J connectivity index is 1.97. The summed E-state index contributed by atoms with van der Waals surface area (Å²) in [5.41, 5.74) is 8.40. The van der Waals surface area contributed by atoms with Crippen molar-refractivity contribution in [1.29, 1.82) is 0 Å². The minimum absolute atomic E-state index is 0.0749. The smallest absolute Gasteiger partial charge is 0.259 e. The van der Waals surface area contributed by atoms with Crippen molar-refractivity contribution in [1.82, 2.24) is 4.90 Å². The Morgan fingerprint density at radius 1 is 0.879 bits per heavy atom. The molecule has 0 aliphatic carbocycles. The van der Waals surface area contributed by atoms with Crippen LogP contribution in [-0.2, 0) is 4.79 Å². The number of benzene rings is 1. The number of unbranched alkanes of at least 4 members (excludes halogenated alkanes) is 11. The van der Waals surface area contributed by atoms with Crippen molar-refractivity contribution < 1.29 is 9.90 Å². The van der Waals surface area contributed by atoms with Gasteiger partial charge in [0.15, 0.2) is 0 Å². The van der Waals surface area contributed by atoms with Gasteiger partial charge in [-0.3, -0.25) is 9.79 Å². The third-order valence-electron chi connectivity index (χ3n) is 6.37. The number of carbonyl (C=O) groups excluding carboxylic acids is 1. The van der Waals surface area contributed by atoms with E-state index in [0.717, 1.165) is 31.4 Å². The first kappa shape index (κ1) is 26.9. The summed E-state index contributed by atoms with van der Waals surface area (Å²) >= 11 is 0. The minimum atomic E-state index is -0.0749. The van der Waals surface area contributed by atoms with Crippen LogP contribution in [0.4, 0.5) is 11.4 Å². The zero-order chi connectivity index (χ0) is 23.9. The average molecular weight is 456 g/mol. The van der Waals surface area contributed by atoms with E-state index in [1.165, 1.54) is 57.8 Å². The average Bonchev–Trinajstić information content (AvgIpc) is 3.09. The Hall–Kier alpha value is -2.30. The van der Waals surface area contributed by atoms with E-state index in [9.17, 15) is 9.90 Å². The van der Waals surface area contributed by atoms with Gasteiger partial charge in [-0.1, -0.05) is 84.5 Å². The Bertz CT molecular complexity index is 768. The fraction of sp³-hybridized carbons (Fsp3) is 0.643. The molecule has 0 bridgehead atoms. The number of carbonyl (C=O) groups is 1. The molecule has 1 aromatic carbocycles. The van der Waals surface area contributed by atoms with Gasteiger partial charge in [-0.25, -0.2) is 0 Å². The van der Waals surface area contributed by atoms with Gasteiger partial charge >= 0.3 is 0 Å². The van der Waals surface area contributed by atoms with Crippen LogP contribution in [0.15, 0.2) is 40.6 Å². The molecule has 0 unspecified atom stereocenters. The van der Waals surface area contributed by atoms with Gasteiger partial charge in [0.1, 0.15) is 11.3 Å². The summed E-state index contributed by atoms with van der Waals surface area (Å²) in [4.78, 5) is 19.7. The number of nitrogen functional groups attached to an aromatic ring is 1. The second-order valence-corrected chi connectivity index (χ2v) is 9.34. The summed E-state index contributed by atoms with van der Waals surface area (Å²) in [7, 11) is 0. The number of hydrogen-bond acceptors (Lipinski definition) is 4. The van der Waals surface area contributed by atoms with Crippen LogP contribution < -0.4 is 5.73 Å². The predicted molar refractivity (Wildman–Crippen MR) is 140 cm³/mol. The molecule has 0 aromatic heterocycles. The molecule has 1 heterocycles. The van der Waals surface area contributed by atoms with Gasteiger partial charge in [0.05, 0.1) is 17.9 Å². The van der Waals surface area contributed by atoms with Crippen LogP contribution in [0.25, 0.3) is 0 Å². The van der Waals surface area contributed by atoms with Crippen molar-refractivity contribution in [3.8, 4) is 0 Å². The van der Waals surface area contributed by atoms with Crippen molar-refractivity contribution in [3.05, 3.63) is 35.6 Å². The van der Waals surface area contributed by atoms with Crippen LogP contribution in [0.2, 0.25) is 0 Å². The van der Waals surface area contributed by atoms with E-state index in [4.69, 9.17) is 10.7 Å². The largest absolute Gasteiger partial charge is 0.510 e. The first-order valence-corrected chi connectivity index (χ1v) is 13.2. The number of aliphatic hydroxyl groups is 1. The Labute approximate surface area is 201 Å².